The van der Waals surface area contributed by atoms with Gasteiger partial charge in [-0.3, -0.25) is 0 Å². The highest BCUT2D eigenvalue weighted by Crippen LogP contribution is 2.48. The predicted molar refractivity (Wildman–Crippen MR) is 144 cm³/mol. The van der Waals surface area contributed by atoms with E-state index in [9.17, 15) is 20.1 Å². The fraction of sp³-hybridized carbons (Fsp3) is 0.633. The van der Waals surface area contributed by atoms with Crippen LogP contribution >= 0.6 is 0 Å². The molecule has 0 radical (unpaired) electrons. The normalized spacial score (nSPS) is 22.2. The van der Waals surface area contributed by atoms with Crippen molar-refractivity contribution in [2.75, 3.05) is 13.9 Å². The molecule has 202 valence electrons. The van der Waals surface area contributed by atoms with Gasteiger partial charge < -0.3 is 24.8 Å². The van der Waals surface area contributed by atoms with Crippen LogP contribution in [0.1, 0.15) is 88.2 Å². The molecule has 1 aliphatic carbocycles. The minimum absolute atomic E-state index is 0.0153. The number of carboxylic acid groups (broad SMARTS) is 1. The maximum atomic E-state index is 12.1. The third kappa shape index (κ3) is 8.75. The van der Waals surface area contributed by atoms with E-state index in [4.69, 9.17) is 9.47 Å². The minimum Gasteiger partial charge on any atom is -0.478 e. The Morgan fingerprint density at radius 1 is 1.19 bits per heavy atom. The minimum atomic E-state index is -1.03. The first-order chi connectivity index (χ1) is 17.0. The van der Waals surface area contributed by atoms with Gasteiger partial charge in [-0.15, -0.1) is 0 Å². The summed E-state index contributed by atoms with van der Waals surface area (Å²) in [5, 5.41) is 30.6. The summed E-state index contributed by atoms with van der Waals surface area (Å²) in [5.41, 5.74) is 1.94. The lowest BCUT2D eigenvalue weighted by Gasteiger charge is -2.22. The number of ether oxygens (including phenoxy) is 2. The zero-order valence-electron chi connectivity index (χ0n) is 22.9. The third-order valence-electron chi connectivity index (χ3n) is 7.31. The van der Waals surface area contributed by atoms with Crippen LogP contribution in [0.25, 0.3) is 6.08 Å². The summed E-state index contributed by atoms with van der Waals surface area (Å²) in [7, 11) is 1.51. The number of aryl methyl sites for hydroxylation is 1. The molecule has 3 N–H and O–H groups in total. The van der Waals surface area contributed by atoms with Crippen LogP contribution < -0.4 is 4.74 Å². The molecule has 0 aromatic heterocycles. The lowest BCUT2D eigenvalue weighted by Crippen LogP contribution is -2.23. The van der Waals surface area contributed by atoms with E-state index in [1.165, 1.54) is 7.11 Å². The number of benzene rings is 1. The van der Waals surface area contributed by atoms with Crippen LogP contribution in [0.5, 0.6) is 5.75 Å². The molecular formula is C30H46O6. The van der Waals surface area contributed by atoms with Crippen LogP contribution in [-0.2, 0) is 11.2 Å². The number of aromatic carboxylic acids is 1. The lowest BCUT2D eigenvalue weighted by atomic mass is 9.87. The summed E-state index contributed by atoms with van der Waals surface area (Å²) in [6.45, 7) is 10.3. The first-order valence-corrected chi connectivity index (χ1v) is 13.2. The predicted octanol–water partition coefficient (Wildman–Crippen LogP) is 6.10. The fourth-order valence-corrected chi connectivity index (χ4v) is 5.19. The Morgan fingerprint density at radius 2 is 1.92 bits per heavy atom. The number of hydrogen-bond donors (Lipinski definition) is 3. The number of unbranched alkanes of at least 4 members (excludes halogenated alkanes) is 1. The van der Waals surface area contributed by atoms with E-state index in [0.717, 1.165) is 44.1 Å². The van der Waals surface area contributed by atoms with Gasteiger partial charge in [-0.1, -0.05) is 64.5 Å². The van der Waals surface area contributed by atoms with Crippen molar-refractivity contribution in [2.24, 2.45) is 23.2 Å². The molecule has 1 aromatic rings. The number of methoxy groups -OCH3 is 1. The van der Waals surface area contributed by atoms with Crippen molar-refractivity contribution in [3.8, 4) is 5.75 Å². The van der Waals surface area contributed by atoms with Crippen LogP contribution in [0.15, 0.2) is 30.4 Å². The van der Waals surface area contributed by atoms with Gasteiger partial charge in [-0.2, -0.15) is 0 Å². The molecule has 6 heteroatoms. The summed E-state index contributed by atoms with van der Waals surface area (Å²) in [5.74, 6) is -0.340. The van der Waals surface area contributed by atoms with Crippen LogP contribution in [0.4, 0.5) is 0 Å². The molecule has 0 aliphatic heterocycles. The zero-order chi connectivity index (χ0) is 26.9. The molecule has 2 rings (SSSR count). The maximum absolute atomic E-state index is 12.1. The van der Waals surface area contributed by atoms with Crippen LogP contribution in [0, 0.1) is 23.2 Å². The fourth-order valence-electron chi connectivity index (χ4n) is 5.19. The standard InChI is InChI=1S/C30H46O6/c1-7-8-10-22-15-23(28(29(33)34)27(16-22)36-19-35-6)11-9-12-24-17-30(4,5)18-25(24)26(32)14-13-20(2)21(3)31/h9,11,13-16,20-21,24-26,31-32H,7-8,10,12,17-19H2,1-6H3,(H,33,34)/b11-9+,14-13-/t20-,21-,24-,25-,26?/m0/s1. The molecule has 5 atom stereocenters. The average Bonchev–Trinajstić information content (AvgIpc) is 3.13. The third-order valence-corrected chi connectivity index (χ3v) is 7.31. The zero-order valence-corrected chi connectivity index (χ0v) is 22.9. The number of hydrogen-bond acceptors (Lipinski definition) is 5. The molecular weight excluding hydrogens is 456 g/mol. The monoisotopic (exact) mass is 502 g/mol. The lowest BCUT2D eigenvalue weighted by molar-refractivity contribution is 0.0483. The largest absolute Gasteiger partial charge is 0.478 e. The molecule has 1 unspecified atom stereocenters. The van der Waals surface area contributed by atoms with Crippen LogP contribution in [0.2, 0.25) is 0 Å². The van der Waals surface area contributed by atoms with Crippen molar-refractivity contribution in [3.63, 3.8) is 0 Å². The average molecular weight is 503 g/mol. The first kappa shape index (κ1) is 30.1. The van der Waals surface area contributed by atoms with Gasteiger partial charge in [0.15, 0.2) is 6.79 Å². The summed E-state index contributed by atoms with van der Waals surface area (Å²) in [4.78, 5) is 12.1. The molecule has 1 aliphatic rings. The molecule has 1 aromatic carbocycles. The van der Waals surface area contributed by atoms with Gasteiger partial charge in [0.2, 0.25) is 0 Å². The van der Waals surface area contributed by atoms with Crippen molar-refractivity contribution in [1.29, 1.82) is 0 Å². The van der Waals surface area contributed by atoms with Crippen molar-refractivity contribution in [1.82, 2.24) is 0 Å². The van der Waals surface area contributed by atoms with Gasteiger partial charge in [0.25, 0.3) is 0 Å². The number of carboxylic acids is 1. The molecule has 1 saturated carbocycles. The van der Waals surface area contributed by atoms with E-state index in [2.05, 4.69) is 20.8 Å². The van der Waals surface area contributed by atoms with Gasteiger partial charge in [0.05, 0.1) is 12.2 Å². The molecule has 0 saturated heterocycles. The Bertz CT molecular complexity index is 901. The maximum Gasteiger partial charge on any atom is 0.340 e. The van der Waals surface area contributed by atoms with Crippen molar-refractivity contribution in [2.45, 2.75) is 85.4 Å². The number of aliphatic hydroxyl groups excluding tert-OH is 2. The molecule has 0 heterocycles. The first-order valence-electron chi connectivity index (χ1n) is 13.2. The second-order valence-corrected chi connectivity index (χ2v) is 11.1. The molecule has 0 bridgehead atoms. The molecule has 6 nitrogen and oxygen atoms in total. The topological polar surface area (TPSA) is 96.2 Å². The van der Waals surface area contributed by atoms with Gasteiger partial charge in [0.1, 0.15) is 11.3 Å². The van der Waals surface area contributed by atoms with Crippen molar-refractivity contribution in [3.05, 3.63) is 47.1 Å². The SMILES string of the molecule is CCCCc1cc(/C=C/C[C@H]2CC(C)(C)C[C@@H]2C(O)/C=C\[C@H](C)[C@H](C)O)c(C(=O)O)c(OCOC)c1. The quantitative estimate of drug-likeness (QED) is 0.210. The van der Waals surface area contributed by atoms with Gasteiger partial charge in [-0.05, 0) is 79.4 Å². The summed E-state index contributed by atoms with van der Waals surface area (Å²) in [6.07, 6.45) is 12.2. The molecule has 1 fully saturated rings. The summed E-state index contributed by atoms with van der Waals surface area (Å²) in [6, 6.07) is 3.75. The Labute approximate surface area is 217 Å². The van der Waals surface area contributed by atoms with Gasteiger partial charge in [0, 0.05) is 7.11 Å². The summed E-state index contributed by atoms with van der Waals surface area (Å²) >= 11 is 0. The molecule has 0 amide bonds. The van der Waals surface area contributed by atoms with Crippen LogP contribution in [0.3, 0.4) is 0 Å². The highest BCUT2D eigenvalue weighted by Gasteiger charge is 2.41. The second kappa shape index (κ2) is 14.0. The van der Waals surface area contributed by atoms with E-state index < -0.39 is 18.2 Å². The van der Waals surface area contributed by atoms with E-state index in [0.29, 0.717) is 11.3 Å². The Morgan fingerprint density at radius 3 is 2.53 bits per heavy atom. The highest BCUT2D eigenvalue weighted by molar-refractivity contribution is 5.95. The smallest absolute Gasteiger partial charge is 0.340 e. The Balaban J connectivity index is 2.28. The number of carbonyl (C=O) groups is 1. The van der Waals surface area contributed by atoms with E-state index in [1.807, 2.05) is 43.4 Å². The Hall–Kier alpha value is -2.15. The van der Waals surface area contributed by atoms with E-state index in [1.54, 1.807) is 6.92 Å². The second-order valence-electron chi connectivity index (χ2n) is 11.1. The molecule has 36 heavy (non-hydrogen) atoms. The van der Waals surface area contributed by atoms with Crippen LogP contribution in [-0.4, -0.2) is 47.4 Å². The van der Waals surface area contributed by atoms with E-state index in [-0.39, 0.29) is 35.5 Å². The van der Waals surface area contributed by atoms with Gasteiger partial charge in [-0.25, -0.2) is 4.79 Å². The number of aliphatic hydroxyl groups is 2. The van der Waals surface area contributed by atoms with Gasteiger partial charge >= 0.3 is 5.97 Å². The molecule has 0 spiro atoms. The highest BCUT2D eigenvalue weighted by atomic mass is 16.7. The number of rotatable bonds is 14. The van der Waals surface area contributed by atoms with Crippen molar-refractivity contribution >= 4 is 12.0 Å². The Kier molecular flexibility index (Phi) is 11.7. The van der Waals surface area contributed by atoms with Crippen molar-refractivity contribution < 1.29 is 29.6 Å². The number of allylic oxidation sites excluding steroid dienone is 1. The summed E-state index contributed by atoms with van der Waals surface area (Å²) < 4.78 is 10.6. The van der Waals surface area contributed by atoms with E-state index >= 15 is 0 Å².